The Labute approximate surface area is 164 Å². The number of hydrazine groups is 1. The van der Waals surface area contributed by atoms with Crippen LogP contribution in [0.2, 0.25) is 0 Å². The Morgan fingerprint density at radius 2 is 1.89 bits per heavy atom. The third-order valence-corrected chi connectivity index (χ3v) is 5.73. The minimum atomic E-state index is -0.152. The van der Waals surface area contributed by atoms with Crippen LogP contribution in [0.5, 0.6) is 5.75 Å². The number of hydrogen-bond acceptors (Lipinski definition) is 6. The number of anilines is 1. The molecule has 2 aliphatic heterocycles. The van der Waals surface area contributed by atoms with Gasteiger partial charge < -0.3 is 14.0 Å². The Hall–Kier alpha value is -2.83. The number of rotatable bonds is 3. The van der Waals surface area contributed by atoms with Crippen molar-refractivity contribution in [2.75, 3.05) is 25.8 Å². The molecule has 0 bridgehead atoms. The third-order valence-electron chi connectivity index (χ3n) is 5.73. The second-order valence-corrected chi connectivity index (χ2v) is 7.32. The number of ether oxygens (including phenoxy) is 2. The molecule has 3 aromatic rings. The molecule has 144 valence electrons. The van der Waals surface area contributed by atoms with Crippen molar-refractivity contribution in [3.8, 4) is 16.9 Å². The molecule has 6 heteroatoms. The normalized spacial score (nSPS) is 20.9. The summed E-state index contributed by atoms with van der Waals surface area (Å²) < 4.78 is 17.6. The summed E-state index contributed by atoms with van der Waals surface area (Å²) in [6.45, 7) is 4.45. The zero-order valence-corrected chi connectivity index (χ0v) is 16.5. The maximum Gasteiger partial charge on any atom is 0.154 e. The molecular weight excluding hydrogens is 354 g/mol. The summed E-state index contributed by atoms with van der Waals surface area (Å²) in [5, 5.41) is 8.59. The van der Waals surface area contributed by atoms with Gasteiger partial charge in [-0.25, -0.2) is 0 Å². The molecule has 6 nitrogen and oxygen atoms in total. The van der Waals surface area contributed by atoms with E-state index >= 15 is 0 Å². The van der Waals surface area contributed by atoms with E-state index in [0.29, 0.717) is 6.61 Å². The summed E-state index contributed by atoms with van der Waals surface area (Å²) >= 11 is 0. The van der Waals surface area contributed by atoms with E-state index in [4.69, 9.17) is 14.0 Å². The molecule has 2 aliphatic rings. The topological polar surface area (TPSA) is 51.0 Å². The van der Waals surface area contributed by atoms with Crippen LogP contribution in [0.3, 0.4) is 0 Å². The second kappa shape index (κ2) is 6.36. The van der Waals surface area contributed by atoms with Crippen molar-refractivity contribution < 1.29 is 14.0 Å². The van der Waals surface area contributed by atoms with Crippen molar-refractivity contribution in [2.45, 2.75) is 26.1 Å². The van der Waals surface area contributed by atoms with E-state index < -0.39 is 0 Å². The number of hydrogen-bond donors (Lipinski definition) is 0. The first-order chi connectivity index (χ1) is 13.6. The Morgan fingerprint density at radius 1 is 1.11 bits per heavy atom. The van der Waals surface area contributed by atoms with Crippen molar-refractivity contribution in [1.82, 2.24) is 10.2 Å². The zero-order chi connectivity index (χ0) is 19.4. The number of nitrogens with zero attached hydrogens (tertiary/aromatic N) is 3. The Balaban J connectivity index is 1.72. The van der Waals surface area contributed by atoms with E-state index in [1.165, 1.54) is 5.56 Å². The van der Waals surface area contributed by atoms with Gasteiger partial charge in [-0.3, -0.25) is 5.01 Å². The fraction of sp³-hybridized carbons (Fsp3) is 0.318. The fourth-order valence-corrected chi connectivity index (χ4v) is 4.51. The van der Waals surface area contributed by atoms with Crippen LogP contribution >= 0.6 is 0 Å². The Bertz CT molecular complexity index is 1010. The van der Waals surface area contributed by atoms with Gasteiger partial charge in [-0.1, -0.05) is 41.6 Å². The molecule has 1 aromatic heterocycles. The van der Waals surface area contributed by atoms with Crippen LogP contribution in [0, 0.1) is 13.8 Å². The average molecular weight is 377 g/mol. The lowest BCUT2D eigenvalue weighted by molar-refractivity contribution is -0.0206. The van der Waals surface area contributed by atoms with Gasteiger partial charge in [0.1, 0.15) is 24.1 Å². The summed E-state index contributed by atoms with van der Waals surface area (Å²) in [6, 6.07) is 14.8. The smallest absolute Gasteiger partial charge is 0.154 e. The molecule has 28 heavy (non-hydrogen) atoms. The lowest BCUT2D eigenvalue weighted by atomic mass is 9.97. The predicted octanol–water partition coefficient (Wildman–Crippen LogP) is 4.40. The lowest BCUT2D eigenvalue weighted by Crippen LogP contribution is -2.44. The summed E-state index contributed by atoms with van der Waals surface area (Å²) in [7, 11) is 3.81. The second-order valence-electron chi connectivity index (χ2n) is 7.32. The number of aryl methyl sites for hydroxylation is 2. The summed E-state index contributed by atoms with van der Waals surface area (Å²) in [5.74, 6) is 1.66. The van der Waals surface area contributed by atoms with Crippen LogP contribution in [0.4, 0.5) is 5.69 Å². The lowest BCUT2D eigenvalue weighted by Gasteiger charge is -2.40. The van der Waals surface area contributed by atoms with Gasteiger partial charge in [-0.15, -0.1) is 0 Å². The SMILES string of the molecule is COC1c2ccc(-c3c(C)noc3C)c3c2N(C(c2ccccc2)CO3)N1C. The minimum Gasteiger partial charge on any atom is -0.488 e. The monoisotopic (exact) mass is 377 g/mol. The number of benzene rings is 2. The van der Waals surface area contributed by atoms with Gasteiger partial charge in [-0.2, -0.15) is 5.01 Å². The van der Waals surface area contributed by atoms with Crippen molar-refractivity contribution in [2.24, 2.45) is 0 Å². The largest absolute Gasteiger partial charge is 0.488 e. The Kier molecular flexibility index (Phi) is 3.92. The molecule has 5 rings (SSSR count). The molecule has 0 N–H and O–H groups in total. The molecule has 3 heterocycles. The van der Waals surface area contributed by atoms with Gasteiger partial charge in [0.2, 0.25) is 0 Å². The first kappa shape index (κ1) is 17.3. The van der Waals surface area contributed by atoms with Gasteiger partial charge in [-0.05, 0) is 25.5 Å². The maximum absolute atomic E-state index is 6.39. The molecule has 0 radical (unpaired) electrons. The molecule has 0 saturated heterocycles. The first-order valence-electron chi connectivity index (χ1n) is 9.44. The fourth-order valence-electron chi connectivity index (χ4n) is 4.51. The van der Waals surface area contributed by atoms with Crippen molar-refractivity contribution >= 4 is 5.69 Å². The summed E-state index contributed by atoms with van der Waals surface area (Å²) in [6.07, 6.45) is -0.152. The third kappa shape index (κ3) is 2.31. The van der Waals surface area contributed by atoms with E-state index in [2.05, 4.69) is 58.6 Å². The molecule has 0 saturated carbocycles. The van der Waals surface area contributed by atoms with Gasteiger partial charge in [0, 0.05) is 25.3 Å². The predicted molar refractivity (Wildman–Crippen MR) is 106 cm³/mol. The molecule has 2 unspecified atom stereocenters. The number of aromatic nitrogens is 1. The van der Waals surface area contributed by atoms with Gasteiger partial charge in [0.15, 0.2) is 12.0 Å². The highest BCUT2D eigenvalue weighted by molar-refractivity contribution is 5.84. The molecular formula is C22H23N3O3. The van der Waals surface area contributed by atoms with Gasteiger partial charge in [0.25, 0.3) is 0 Å². The minimum absolute atomic E-state index is 0.0810. The Morgan fingerprint density at radius 3 is 2.57 bits per heavy atom. The standard InChI is InChI=1S/C22H23N3O3/c1-13-19(14(2)28-23-13)16-10-11-17-20-21(16)27-12-18(15-8-6-5-7-9-15)25(20)24(3)22(17)26-4/h5-11,18,22H,12H2,1-4H3. The zero-order valence-electron chi connectivity index (χ0n) is 16.5. The quantitative estimate of drug-likeness (QED) is 0.674. The highest BCUT2D eigenvalue weighted by atomic mass is 16.5. The van der Waals surface area contributed by atoms with Crippen LogP contribution in [-0.2, 0) is 4.74 Å². The molecule has 2 aromatic carbocycles. The van der Waals surface area contributed by atoms with Crippen molar-refractivity contribution in [1.29, 1.82) is 0 Å². The highest BCUT2D eigenvalue weighted by Crippen LogP contribution is 2.55. The van der Waals surface area contributed by atoms with Crippen LogP contribution in [0.15, 0.2) is 47.0 Å². The van der Waals surface area contributed by atoms with Crippen LogP contribution < -0.4 is 9.75 Å². The van der Waals surface area contributed by atoms with E-state index in [1.807, 2.05) is 19.9 Å². The molecule has 0 fully saturated rings. The maximum atomic E-state index is 6.39. The van der Waals surface area contributed by atoms with Crippen molar-refractivity contribution in [3.63, 3.8) is 0 Å². The van der Waals surface area contributed by atoms with E-state index in [9.17, 15) is 0 Å². The van der Waals surface area contributed by atoms with E-state index in [0.717, 1.165) is 39.6 Å². The van der Waals surface area contributed by atoms with Crippen molar-refractivity contribution in [3.05, 3.63) is 65.0 Å². The first-order valence-corrected chi connectivity index (χ1v) is 9.44. The van der Waals surface area contributed by atoms with Crippen LogP contribution in [0.25, 0.3) is 11.1 Å². The van der Waals surface area contributed by atoms with Crippen LogP contribution in [-0.4, -0.2) is 30.9 Å². The summed E-state index contributed by atoms with van der Waals surface area (Å²) in [5.41, 5.74) is 6.26. The molecule has 0 aliphatic carbocycles. The van der Waals surface area contributed by atoms with E-state index in [-0.39, 0.29) is 12.3 Å². The molecule has 0 spiro atoms. The highest BCUT2D eigenvalue weighted by Gasteiger charge is 2.44. The number of methoxy groups -OCH3 is 1. The van der Waals surface area contributed by atoms with Gasteiger partial charge >= 0.3 is 0 Å². The van der Waals surface area contributed by atoms with Crippen LogP contribution in [0.1, 0.15) is 34.9 Å². The average Bonchev–Trinajstić information content (AvgIpc) is 3.20. The molecule has 2 atom stereocenters. The summed E-state index contributed by atoms with van der Waals surface area (Å²) in [4.78, 5) is 0. The molecule has 0 amide bonds. The van der Waals surface area contributed by atoms with E-state index in [1.54, 1.807) is 7.11 Å². The van der Waals surface area contributed by atoms with Gasteiger partial charge in [0.05, 0.1) is 11.3 Å².